The molecule has 2 aliphatic rings. The molecule has 0 spiro atoms. The van der Waals surface area contributed by atoms with E-state index in [2.05, 4.69) is 267 Å². The Hall–Kier alpha value is -8.72. The fourth-order valence-corrected chi connectivity index (χ4v) is 12.5. The molecule has 0 aliphatic heterocycles. The first-order chi connectivity index (χ1) is 34.5. The molecule has 14 rings (SSSR count). The molecule has 0 atom stereocenters. The van der Waals surface area contributed by atoms with Crippen LogP contribution >= 0.6 is 0 Å². The summed E-state index contributed by atoms with van der Waals surface area (Å²) in [6.45, 7) is 4.71. The molecule has 1 aromatic heterocycles. The van der Waals surface area contributed by atoms with Gasteiger partial charge in [0.15, 0.2) is 0 Å². The first kappa shape index (κ1) is 40.4. The van der Waals surface area contributed by atoms with Gasteiger partial charge in [-0.1, -0.05) is 214 Å². The molecule has 2 nitrogen and oxygen atoms in total. The van der Waals surface area contributed by atoms with Crippen molar-refractivity contribution in [1.82, 2.24) is 0 Å². The van der Waals surface area contributed by atoms with Gasteiger partial charge in [-0.3, -0.25) is 0 Å². The van der Waals surface area contributed by atoms with Crippen LogP contribution < -0.4 is 4.90 Å². The topological polar surface area (TPSA) is 16.4 Å². The Bertz CT molecular complexity index is 3990. The van der Waals surface area contributed by atoms with Crippen molar-refractivity contribution in [2.24, 2.45) is 0 Å². The summed E-state index contributed by atoms with van der Waals surface area (Å²) in [5, 5.41) is 4.41. The van der Waals surface area contributed by atoms with E-state index in [0.29, 0.717) is 0 Å². The third-order valence-electron chi connectivity index (χ3n) is 15.5. The first-order valence-electron chi connectivity index (χ1n) is 24.4. The standard InChI is InChI=1S/C68H47NO/c1-67(2)59-33-18-16-30-52(59)54-40-38-48(42-61(54)67)69(47-25-10-5-11-26-47)63-35-20-36-64-65(63)58-43-57(51-29-14-15-32-56(51)66(58)70-64)50-28-13-12-27-49(50)44-37-39-55-53-31-17-19-34-60(53)68(62(55)41-44,45-21-6-3-7-22-45)46-23-8-4-9-24-46/h3-43H,1-2H3. The Balaban J connectivity index is 0.991. The molecule has 70 heavy (non-hydrogen) atoms. The smallest absolute Gasteiger partial charge is 0.143 e. The van der Waals surface area contributed by atoms with E-state index in [-0.39, 0.29) is 5.41 Å². The molecule has 0 saturated heterocycles. The van der Waals surface area contributed by atoms with Gasteiger partial charge in [0, 0.05) is 27.6 Å². The van der Waals surface area contributed by atoms with E-state index in [1.54, 1.807) is 0 Å². The molecule has 0 bridgehead atoms. The third-order valence-corrected chi connectivity index (χ3v) is 15.5. The molecule has 11 aromatic carbocycles. The second kappa shape index (κ2) is 15.4. The molecule has 2 aliphatic carbocycles. The van der Waals surface area contributed by atoms with E-state index in [4.69, 9.17) is 4.42 Å². The van der Waals surface area contributed by atoms with Crippen molar-refractivity contribution in [3.8, 4) is 44.5 Å². The maximum absolute atomic E-state index is 7.04. The van der Waals surface area contributed by atoms with Crippen molar-refractivity contribution in [1.29, 1.82) is 0 Å². The van der Waals surface area contributed by atoms with Crippen LogP contribution in [0.2, 0.25) is 0 Å². The van der Waals surface area contributed by atoms with Gasteiger partial charge in [0.2, 0.25) is 0 Å². The molecule has 0 fully saturated rings. The molecule has 0 saturated carbocycles. The lowest BCUT2D eigenvalue weighted by atomic mass is 9.67. The Labute approximate surface area is 408 Å². The number of rotatable bonds is 7. The number of fused-ring (bicyclic) bond motifs is 11. The van der Waals surface area contributed by atoms with Crippen LogP contribution in [0.1, 0.15) is 47.2 Å². The normalized spacial score (nSPS) is 13.8. The second-order valence-electron chi connectivity index (χ2n) is 19.5. The largest absolute Gasteiger partial charge is 0.455 e. The maximum atomic E-state index is 7.04. The van der Waals surface area contributed by atoms with Crippen LogP contribution in [-0.4, -0.2) is 0 Å². The molecule has 2 heteroatoms. The molecule has 0 unspecified atom stereocenters. The summed E-state index contributed by atoms with van der Waals surface area (Å²) in [7, 11) is 0. The first-order valence-corrected chi connectivity index (χ1v) is 24.4. The number of nitrogens with zero attached hydrogens (tertiary/aromatic N) is 1. The fraction of sp³-hybridized carbons (Fsp3) is 0.0588. The van der Waals surface area contributed by atoms with Gasteiger partial charge in [-0.25, -0.2) is 0 Å². The van der Waals surface area contributed by atoms with Crippen molar-refractivity contribution in [2.75, 3.05) is 4.90 Å². The predicted octanol–water partition coefficient (Wildman–Crippen LogP) is 18.2. The minimum Gasteiger partial charge on any atom is -0.455 e. The van der Waals surface area contributed by atoms with Gasteiger partial charge in [0.1, 0.15) is 11.2 Å². The van der Waals surface area contributed by atoms with Crippen molar-refractivity contribution in [2.45, 2.75) is 24.7 Å². The van der Waals surface area contributed by atoms with Crippen molar-refractivity contribution in [3.05, 3.63) is 282 Å². The molecule has 1 heterocycles. The van der Waals surface area contributed by atoms with Gasteiger partial charge in [0.25, 0.3) is 0 Å². The van der Waals surface area contributed by atoms with Crippen LogP contribution in [0, 0.1) is 0 Å². The number of hydrogen-bond acceptors (Lipinski definition) is 2. The lowest BCUT2D eigenvalue weighted by Gasteiger charge is -2.34. The number of benzene rings is 11. The van der Waals surface area contributed by atoms with Gasteiger partial charge in [-0.2, -0.15) is 0 Å². The summed E-state index contributed by atoms with van der Waals surface area (Å²) in [5.74, 6) is 0. The highest BCUT2D eigenvalue weighted by Gasteiger charge is 2.46. The van der Waals surface area contributed by atoms with Gasteiger partial charge in [0.05, 0.1) is 16.5 Å². The Kier molecular flexibility index (Phi) is 8.88. The summed E-state index contributed by atoms with van der Waals surface area (Å²) in [4.78, 5) is 2.42. The number of para-hydroxylation sites is 1. The van der Waals surface area contributed by atoms with Crippen LogP contribution in [0.3, 0.4) is 0 Å². The Morgan fingerprint density at radius 2 is 0.900 bits per heavy atom. The van der Waals surface area contributed by atoms with Crippen LogP contribution in [0.5, 0.6) is 0 Å². The fourth-order valence-electron chi connectivity index (χ4n) is 12.5. The van der Waals surface area contributed by atoms with E-state index in [1.807, 2.05) is 0 Å². The van der Waals surface area contributed by atoms with Gasteiger partial charge in [-0.15, -0.1) is 0 Å². The number of hydrogen-bond donors (Lipinski definition) is 0. The zero-order chi connectivity index (χ0) is 46.6. The summed E-state index contributed by atoms with van der Waals surface area (Å²) < 4.78 is 7.04. The van der Waals surface area contributed by atoms with Crippen LogP contribution in [0.15, 0.2) is 253 Å². The SMILES string of the molecule is CC1(C)c2ccccc2-c2ccc(N(c3ccccc3)c3cccc4oc5c6ccccc6c(-c6ccccc6-c6ccc7c(c6)C(c6ccccc6)(c6ccccc6)c6ccccc6-7)cc5c34)cc21. The minimum absolute atomic E-state index is 0.146. The van der Waals surface area contributed by atoms with Gasteiger partial charge < -0.3 is 9.32 Å². The van der Waals surface area contributed by atoms with E-state index >= 15 is 0 Å². The van der Waals surface area contributed by atoms with Crippen LogP contribution in [0.4, 0.5) is 17.1 Å². The Morgan fingerprint density at radius 3 is 1.63 bits per heavy atom. The third kappa shape index (κ3) is 5.74. The van der Waals surface area contributed by atoms with E-state index in [1.165, 1.54) is 77.9 Å². The van der Waals surface area contributed by atoms with Gasteiger partial charge in [-0.05, 0) is 132 Å². The molecule has 0 N–H and O–H groups in total. The average Bonchev–Trinajstić information content (AvgIpc) is 4.03. The summed E-state index contributed by atoms with van der Waals surface area (Å²) >= 11 is 0. The zero-order valence-electron chi connectivity index (χ0n) is 39.0. The Morgan fingerprint density at radius 1 is 0.343 bits per heavy atom. The lowest BCUT2D eigenvalue weighted by molar-refractivity contribution is 0.660. The summed E-state index contributed by atoms with van der Waals surface area (Å²) in [5.41, 5.74) is 22.1. The quantitative estimate of drug-likeness (QED) is 0.158. The second-order valence-corrected chi connectivity index (χ2v) is 19.5. The molecule has 0 amide bonds. The van der Waals surface area contributed by atoms with Crippen molar-refractivity contribution < 1.29 is 4.42 Å². The van der Waals surface area contributed by atoms with E-state index < -0.39 is 5.41 Å². The van der Waals surface area contributed by atoms with Crippen molar-refractivity contribution in [3.63, 3.8) is 0 Å². The number of furan rings is 1. The average molecular weight is 894 g/mol. The maximum Gasteiger partial charge on any atom is 0.143 e. The zero-order valence-corrected chi connectivity index (χ0v) is 39.0. The van der Waals surface area contributed by atoms with Crippen LogP contribution in [-0.2, 0) is 10.8 Å². The molecule has 330 valence electrons. The monoisotopic (exact) mass is 893 g/mol. The summed E-state index contributed by atoms with van der Waals surface area (Å²) in [6.07, 6.45) is 0. The number of anilines is 3. The highest BCUT2D eigenvalue weighted by atomic mass is 16.3. The van der Waals surface area contributed by atoms with Crippen molar-refractivity contribution >= 4 is 49.8 Å². The predicted molar refractivity (Wildman–Crippen MR) is 292 cm³/mol. The molecule has 12 aromatic rings. The van der Waals surface area contributed by atoms with Crippen LogP contribution in [0.25, 0.3) is 77.2 Å². The highest BCUT2D eigenvalue weighted by molar-refractivity contribution is 6.23. The minimum atomic E-state index is -0.500. The van der Waals surface area contributed by atoms with Gasteiger partial charge >= 0.3 is 0 Å². The highest BCUT2D eigenvalue weighted by Crippen LogP contribution is 2.58. The van der Waals surface area contributed by atoms with E-state index in [9.17, 15) is 0 Å². The molecule has 0 radical (unpaired) electrons. The summed E-state index contributed by atoms with van der Waals surface area (Å²) in [6, 6.07) is 91.7. The van der Waals surface area contributed by atoms with E-state index in [0.717, 1.165) is 49.8 Å². The molecular weight excluding hydrogens is 847 g/mol. The lowest BCUT2D eigenvalue weighted by Crippen LogP contribution is -2.28. The molecular formula is C68H47NO.